The number of nitrogens with one attached hydrogen (secondary N) is 1. The number of carbonyl (C=O) groups is 3. The van der Waals surface area contributed by atoms with E-state index in [1.54, 1.807) is 0 Å². The summed E-state index contributed by atoms with van der Waals surface area (Å²) in [5, 5.41) is 12.5. The van der Waals surface area contributed by atoms with Crippen LogP contribution in [0, 0.1) is 0 Å². The van der Waals surface area contributed by atoms with Crippen molar-refractivity contribution in [2.24, 2.45) is 0 Å². The van der Waals surface area contributed by atoms with Gasteiger partial charge in [-0.1, -0.05) is 12.1 Å². The van der Waals surface area contributed by atoms with Crippen molar-refractivity contribution in [1.82, 2.24) is 5.32 Å². The lowest BCUT2D eigenvalue weighted by atomic mass is 9.72. The minimum absolute atomic E-state index is 0.0188. The summed E-state index contributed by atoms with van der Waals surface area (Å²) in [6.45, 7) is -0.946. The van der Waals surface area contributed by atoms with Crippen molar-refractivity contribution in [3.8, 4) is 5.75 Å². The maximum Gasteiger partial charge on any atom is 0.547 e. The summed E-state index contributed by atoms with van der Waals surface area (Å²) in [6, 6.07) is 4.20. The van der Waals surface area contributed by atoms with Crippen LogP contribution in [0.4, 0.5) is 26.3 Å². The van der Waals surface area contributed by atoms with E-state index in [1.807, 2.05) is 0 Å². The van der Waals surface area contributed by atoms with Crippen LogP contribution in [-0.4, -0.2) is 55.1 Å². The minimum atomic E-state index is -4.54. The Kier molecular flexibility index (Phi) is 9.18. The Balaban J connectivity index is 1.90. The van der Waals surface area contributed by atoms with E-state index in [9.17, 15) is 45.8 Å². The molecule has 2 N–H and O–H groups in total. The summed E-state index contributed by atoms with van der Waals surface area (Å²) in [5.41, 5.74) is 0.181. The number of amides is 1. The van der Waals surface area contributed by atoms with E-state index < -0.39 is 82.2 Å². The van der Waals surface area contributed by atoms with Gasteiger partial charge in [-0.05, 0) is 24.5 Å². The number of hydrogen-bond donors (Lipinski definition) is 2. The topological polar surface area (TPSA) is 111 Å². The molecule has 0 saturated carbocycles. The molecule has 34 heavy (non-hydrogen) atoms. The Morgan fingerprint density at radius 3 is 2.38 bits per heavy atom. The molecule has 15 heteroatoms. The minimum Gasteiger partial charge on any atom is -0.534 e. The number of esters is 2. The zero-order chi connectivity index (χ0) is 25.5. The number of halogens is 6. The lowest BCUT2D eigenvalue weighted by Gasteiger charge is -2.29. The Hall–Kier alpha value is -2.97. The molecule has 0 unspecified atom stereocenters. The molecule has 0 saturated heterocycles. The zero-order valence-corrected chi connectivity index (χ0v) is 17.5. The third kappa shape index (κ3) is 9.12. The molecule has 0 fully saturated rings. The number of rotatable bonds is 9. The van der Waals surface area contributed by atoms with Gasteiger partial charge in [0.2, 0.25) is 12.7 Å². The fourth-order valence-electron chi connectivity index (χ4n) is 2.98. The molecule has 1 aliphatic heterocycles. The number of fused-ring (bicyclic) bond motifs is 1. The molecular formula is C19H20BF6NO7. The summed E-state index contributed by atoms with van der Waals surface area (Å²) in [4.78, 5) is 35.4. The molecule has 1 aliphatic rings. The average molecular weight is 499 g/mol. The summed E-state index contributed by atoms with van der Waals surface area (Å²) in [5.74, 6) is -4.08. The Labute approximate surface area is 189 Å². The lowest BCUT2D eigenvalue weighted by Crippen LogP contribution is -2.53. The van der Waals surface area contributed by atoms with E-state index in [2.05, 4.69) is 10.1 Å². The Morgan fingerprint density at radius 1 is 1.06 bits per heavy atom. The molecule has 1 aromatic carbocycles. The van der Waals surface area contributed by atoms with Gasteiger partial charge >= 0.3 is 31.4 Å². The molecular weight excluding hydrogens is 479 g/mol. The number of alkyl halides is 6. The van der Waals surface area contributed by atoms with Crippen LogP contribution in [-0.2, 0) is 25.5 Å². The monoisotopic (exact) mass is 499 g/mol. The van der Waals surface area contributed by atoms with Crippen molar-refractivity contribution in [3.05, 3.63) is 29.3 Å². The van der Waals surface area contributed by atoms with Crippen LogP contribution in [0.5, 0.6) is 5.75 Å². The third-order valence-corrected chi connectivity index (χ3v) is 4.57. The van der Waals surface area contributed by atoms with E-state index in [-0.39, 0.29) is 17.7 Å². The first kappa shape index (κ1) is 27.3. The molecule has 1 heterocycles. The summed E-state index contributed by atoms with van der Waals surface area (Å²) in [7, 11) is -1.63. The lowest BCUT2D eigenvalue weighted by molar-refractivity contribution is -0.163. The smallest absolute Gasteiger partial charge is 0.534 e. The van der Waals surface area contributed by atoms with Crippen molar-refractivity contribution in [3.63, 3.8) is 0 Å². The van der Waals surface area contributed by atoms with E-state index in [1.165, 1.54) is 18.2 Å². The standard InChI is InChI=1S/C19H20BF6NO7/c21-18(22,23)7-2-5-14(28)27-13-9-11-3-1-4-12(16(11)34-20(13)31)17(30)33-10-32-15(29)6-8-19(24,25)26/h1,3-4,13,31H,2,5-10H2,(H,27,28)/t13-/m0/s1. The molecule has 0 aromatic heterocycles. The van der Waals surface area contributed by atoms with Crippen molar-refractivity contribution in [2.45, 2.75) is 56.8 Å². The van der Waals surface area contributed by atoms with Gasteiger partial charge in [-0.3, -0.25) is 9.59 Å². The van der Waals surface area contributed by atoms with Crippen molar-refractivity contribution < 1.29 is 59.9 Å². The highest BCUT2D eigenvalue weighted by molar-refractivity contribution is 6.47. The van der Waals surface area contributed by atoms with Gasteiger partial charge in [-0.15, -0.1) is 0 Å². The van der Waals surface area contributed by atoms with Crippen LogP contribution in [0.3, 0.4) is 0 Å². The van der Waals surface area contributed by atoms with Gasteiger partial charge in [0.1, 0.15) is 11.3 Å². The number of benzene rings is 1. The largest absolute Gasteiger partial charge is 0.547 e. The van der Waals surface area contributed by atoms with Crippen LogP contribution in [0.25, 0.3) is 0 Å². The highest BCUT2D eigenvalue weighted by Gasteiger charge is 2.38. The number of carbonyl (C=O) groups excluding carboxylic acids is 3. The molecule has 1 amide bonds. The molecule has 188 valence electrons. The van der Waals surface area contributed by atoms with Gasteiger partial charge in [-0.25, -0.2) is 4.79 Å². The molecule has 0 spiro atoms. The van der Waals surface area contributed by atoms with Gasteiger partial charge in [0.25, 0.3) is 0 Å². The van der Waals surface area contributed by atoms with Gasteiger partial charge < -0.3 is 24.5 Å². The molecule has 0 radical (unpaired) electrons. The highest BCUT2D eigenvalue weighted by atomic mass is 19.4. The second-order valence-electron chi connectivity index (χ2n) is 7.33. The van der Waals surface area contributed by atoms with Crippen LogP contribution >= 0.6 is 0 Å². The number of hydrogen-bond acceptors (Lipinski definition) is 7. The predicted octanol–water partition coefficient (Wildman–Crippen LogP) is 2.86. The number of ether oxygens (including phenoxy) is 2. The molecule has 0 bridgehead atoms. The first-order chi connectivity index (χ1) is 15.7. The molecule has 0 aliphatic carbocycles. The highest BCUT2D eigenvalue weighted by Crippen LogP contribution is 2.31. The zero-order valence-electron chi connectivity index (χ0n) is 17.5. The summed E-state index contributed by atoms with van der Waals surface area (Å²) >= 11 is 0. The maximum atomic E-state index is 12.3. The van der Waals surface area contributed by atoms with Crippen LogP contribution in [0.15, 0.2) is 18.2 Å². The van der Waals surface area contributed by atoms with Crippen LogP contribution in [0.2, 0.25) is 0 Å². The summed E-state index contributed by atoms with van der Waals surface area (Å²) < 4.78 is 87.2. The van der Waals surface area contributed by atoms with Crippen molar-refractivity contribution in [2.75, 3.05) is 6.79 Å². The summed E-state index contributed by atoms with van der Waals surface area (Å²) in [6.07, 6.45) is -13.3. The van der Waals surface area contributed by atoms with Crippen molar-refractivity contribution in [1.29, 1.82) is 0 Å². The Morgan fingerprint density at radius 2 is 1.74 bits per heavy atom. The van der Waals surface area contributed by atoms with Crippen LogP contribution in [0.1, 0.15) is 48.0 Å². The fourth-order valence-corrected chi connectivity index (χ4v) is 2.98. The van der Waals surface area contributed by atoms with Crippen LogP contribution < -0.4 is 9.97 Å². The quantitative estimate of drug-likeness (QED) is 0.233. The second kappa shape index (κ2) is 11.4. The van der Waals surface area contributed by atoms with E-state index in [0.717, 1.165) is 0 Å². The normalized spacial score (nSPS) is 15.7. The fraction of sp³-hybridized carbons (Fsp3) is 0.526. The van der Waals surface area contributed by atoms with E-state index in [0.29, 0.717) is 5.56 Å². The van der Waals surface area contributed by atoms with Gasteiger partial charge in [0.15, 0.2) is 0 Å². The van der Waals surface area contributed by atoms with Gasteiger partial charge in [0, 0.05) is 12.8 Å². The average Bonchev–Trinajstić information content (AvgIpc) is 2.71. The predicted molar refractivity (Wildman–Crippen MR) is 102 cm³/mol. The van der Waals surface area contributed by atoms with Gasteiger partial charge in [-0.2, -0.15) is 26.3 Å². The molecule has 1 aromatic rings. The molecule has 2 rings (SSSR count). The van der Waals surface area contributed by atoms with Crippen molar-refractivity contribution >= 4 is 25.0 Å². The Bertz CT molecular complexity index is 893. The number of para-hydroxylation sites is 1. The van der Waals surface area contributed by atoms with E-state index >= 15 is 0 Å². The van der Waals surface area contributed by atoms with Gasteiger partial charge in [0.05, 0.1) is 18.8 Å². The van der Waals surface area contributed by atoms with E-state index in [4.69, 9.17) is 9.39 Å². The maximum absolute atomic E-state index is 12.3. The molecule has 8 nitrogen and oxygen atoms in total. The SMILES string of the molecule is O=C(CCCC(F)(F)F)N[C@H]1Cc2cccc(C(=O)OCOC(=O)CCC(F)(F)F)c2OB1O. The first-order valence-electron chi connectivity index (χ1n) is 9.97. The third-order valence-electron chi connectivity index (χ3n) is 4.57. The first-order valence-corrected chi connectivity index (χ1v) is 9.97. The second-order valence-corrected chi connectivity index (χ2v) is 7.33. The molecule has 1 atom stereocenters.